The van der Waals surface area contributed by atoms with Crippen LogP contribution in [0.25, 0.3) is 10.2 Å². The molecule has 0 spiro atoms. The van der Waals surface area contributed by atoms with Gasteiger partial charge >= 0.3 is 0 Å². The average Bonchev–Trinajstić information content (AvgIpc) is 2.65. The van der Waals surface area contributed by atoms with Crippen molar-refractivity contribution < 1.29 is 0 Å². The standard InChI is InChI=1S/C14H21N3S2/c1-6-7-15-13-16-11-10(8-9(2)18-11)12(17-13)19-14(3,4)5/h8H,6-7H2,1-5H3,(H,15,16,17). The van der Waals surface area contributed by atoms with Crippen LogP contribution in [0, 0.1) is 6.92 Å². The minimum atomic E-state index is 0.152. The van der Waals surface area contributed by atoms with Crippen molar-refractivity contribution in [1.82, 2.24) is 9.97 Å². The molecule has 0 aromatic carbocycles. The molecule has 2 aromatic rings. The molecular formula is C14H21N3S2. The van der Waals surface area contributed by atoms with Crippen molar-refractivity contribution in [3.8, 4) is 0 Å². The van der Waals surface area contributed by atoms with Gasteiger partial charge in [-0.05, 0) is 19.4 Å². The van der Waals surface area contributed by atoms with Crippen molar-refractivity contribution in [3.63, 3.8) is 0 Å². The van der Waals surface area contributed by atoms with Crippen molar-refractivity contribution in [2.45, 2.75) is 50.8 Å². The summed E-state index contributed by atoms with van der Waals surface area (Å²) in [5.41, 5.74) is 0. The van der Waals surface area contributed by atoms with E-state index in [-0.39, 0.29) is 4.75 Å². The normalized spacial score (nSPS) is 12.1. The first-order chi connectivity index (χ1) is 8.89. The molecule has 0 atom stereocenters. The van der Waals surface area contributed by atoms with Crippen LogP contribution in [0.2, 0.25) is 0 Å². The van der Waals surface area contributed by atoms with Gasteiger partial charge in [0.15, 0.2) is 0 Å². The van der Waals surface area contributed by atoms with Crippen molar-refractivity contribution in [3.05, 3.63) is 10.9 Å². The second-order valence-electron chi connectivity index (χ2n) is 5.57. The first kappa shape index (κ1) is 14.6. The monoisotopic (exact) mass is 295 g/mol. The summed E-state index contributed by atoms with van der Waals surface area (Å²) in [7, 11) is 0. The first-order valence-corrected chi connectivity index (χ1v) is 8.23. The molecule has 0 aliphatic carbocycles. The third-order valence-electron chi connectivity index (χ3n) is 2.42. The van der Waals surface area contributed by atoms with Crippen LogP contribution in [0.5, 0.6) is 0 Å². The highest BCUT2D eigenvalue weighted by Crippen LogP contribution is 2.37. The van der Waals surface area contributed by atoms with E-state index in [4.69, 9.17) is 0 Å². The summed E-state index contributed by atoms with van der Waals surface area (Å²) >= 11 is 3.54. The molecule has 0 radical (unpaired) electrons. The lowest BCUT2D eigenvalue weighted by Crippen LogP contribution is -2.09. The number of fused-ring (bicyclic) bond motifs is 1. The van der Waals surface area contributed by atoms with E-state index >= 15 is 0 Å². The number of nitrogens with one attached hydrogen (secondary N) is 1. The Hall–Kier alpha value is -0.810. The number of anilines is 1. The predicted octanol–water partition coefficient (Wildman–Crippen LogP) is 4.71. The number of aryl methyl sites for hydroxylation is 1. The van der Waals surface area contributed by atoms with E-state index in [9.17, 15) is 0 Å². The molecule has 0 unspecified atom stereocenters. The number of thiophene rings is 1. The van der Waals surface area contributed by atoms with Crippen LogP contribution in [0.15, 0.2) is 11.1 Å². The Morgan fingerprint density at radius 1 is 1.32 bits per heavy atom. The quantitative estimate of drug-likeness (QED) is 0.654. The molecule has 19 heavy (non-hydrogen) atoms. The summed E-state index contributed by atoms with van der Waals surface area (Å²) in [5.74, 6) is 0.753. The lowest BCUT2D eigenvalue weighted by Gasteiger charge is -2.17. The zero-order valence-corrected chi connectivity index (χ0v) is 13.8. The molecule has 1 N–H and O–H groups in total. The summed E-state index contributed by atoms with van der Waals surface area (Å²) in [4.78, 5) is 11.7. The highest BCUT2D eigenvalue weighted by atomic mass is 32.2. The number of rotatable bonds is 4. The topological polar surface area (TPSA) is 37.8 Å². The maximum absolute atomic E-state index is 4.68. The van der Waals surface area contributed by atoms with Crippen LogP contribution in [0.1, 0.15) is 39.0 Å². The fraction of sp³-hybridized carbons (Fsp3) is 0.571. The molecular weight excluding hydrogens is 274 g/mol. The maximum Gasteiger partial charge on any atom is 0.225 e. The fourth-order valence-electron chi connectivity index (χ4n) is 1.70. The lowest BCUT2D eigenvalue weighted by atomic mass is 10.3. The highest BCUT2D eigenvalue weighted by molar-refractivity contribution is 8.00. The van der Waals surface area contributed by atoms with Crippen molar-refractivity contribution in [2.75, 3.05) is 11.9 Å². The van der Waals surface area contributed by atoms with Gasteiger partial charge in [-0.3, -0.25) is 0 Å². The summed E-state index contributed by atoms with van der Waals surface area (Å²) < 4.78 is 0.152. The number of hydrogen-bond donors (Lipinski definition) is 1. The Morgan fingerprint density at radius 3 is 2.68 bits per heavy atom. The van der Waals surface area contributed by atoms with E-state index < -0.39 is 0 Å². The van der Waals surface area contributed by atoms with E-state index in [2.05, 4.69) is 56.0 Å². The molecule has 0 fully saturated rings. The fourth-order valence-corrected chi connectivity index (χ4v) is 3.62. The van der Waals surface area contributed by atoms with E-state index in [1.807, 2.05) is 0 Å². The largest absolute Gasteiger partial charge is 0.354 e. The maximum atomic E-state index is 4.68. The lowest BCUT2D eigenvalue weighted by molar-refractivity contribution is 0.800. The number of nitrogens with zero attached hydrogens (tertiary/aromatic N) is 2. The van der Waals surface area contributed by atoms with Crippen LogP contribution < -0.4 is 5.32 Å². The zero-order chi connectivity index (χ0) is 14.0. The number of hydrogen-bond acceptors (Lipinski definition) is 5. The van der Waals surface area contributed by atoms with Crippen molar-refractivity contribution >= 4 is 39.3 Å². The van der Waals surface area contributed by atoms with Gasteiger partial charge in [0.2, 0.25) is 5.95 Å². The summed E-state index contributed by atoms with van der Waals surface area (Å²) in [5, 5.41) is 5.56. The van der Waals surface area contributed by atoms with Crippen LogP contribution >= 0.6 is 23.1 Å². The second-order valence-corrected chi connectivity index (χ2v) is 8.62. The minimum Gasteiger partial charge on any atom is -0.354 e. The molecule has 0 aliphatic heterocycles. The Kier molecular flexibility index (Phi) is 4.36. The van der Waals surface area contributed by atoms with Crippen LogP contribution in [-0.2, 0) is 0 Å². The third-order valence-corrected chi connectivity index (χ3v) is 4.48. The van der Waals surface area contributed by atoms with Crippen molar-refractivity contribution in [2.24, 2.45) is 0 Å². The molecule has 0 saturated carbocycles. The zero-order valence-electron chi connectivity index (χ0n) is 12.2. The average molecular weight is 295 g/mol. The Labute approximate surface area is 123 Å². The van der Waals surface area contributed by atoms with Gasteiger partial charge in [-0.2, -0.15) is 0 Å². The van der Waals surface area contributed by atoms with Crippen LogP contribution in [0.4, 0.5) is 5.95 Å². The molecule has 0 aliphatic rings. The SMILES string of the molecule is CCCNc1nc(SC(C)(C)C)c2cc(C)sc2n1. The molecule has 104 valence electrons. The Morgan fingerprint density at radius 2 is 2.05 bits per heavy atom. The van der Waals surface area contributed by atoms with E-state index in [0.717, 1.165) is 28.8 Å². The smallest absolute Gasteiger partial charge is 0.225 e. The van der Waals surface area contributed by atoms with E-state index in [0.29, 0.717) is 0 Å². The van der Waals surface area contributed by atoms with Crippen LogP contribution in [0.3, 0.4) is 0 Å². The van der Waals surface area contributed by atoms with Gasteiger partial charge in [-0.1, -0.05) is 39.5 Å². The Balaban J connectivity index is 2.45. The molecule has 0 bridgehead atoms. The van der Waals surface area contributed by atoms with Gasteiger partial charge in [0.05, 0.1) is 0 Å². The number of thioether (sulfide) groups is 1. The molecule has 0 amide bonds. The first-order valence-electron chi connectivity index (χ1n) is 6.60. The van der Waals surface area contributed by atoms with Gasteiger partial charge < -0.3 is 5.32 Å². The molecule has 5 heteroatoms. The summed E-state index contributed by atoms with van der Waals surface area (Å²) in [6.45, 7) is 11.8. The van der Waals surface area contributed by atoms with Crippen molar-refractivity contribution in [1.29, 1.82) is 0 Å². The third kappa shape index (κ3) is 3.83. The molecule has 0 saturated heterocycles. The number of aromatic nitrogens is 2. The molecule has 3 nitrogen and oxygen atoms in total. The van der Waals surface area contributed by atoms with Gasteiger partial charge in [0.25, 0.3) is 0 Å². The predicted molar refractivity (Wildman–Crippen MR) is 86.5 cm³/mol. The minimum absolute atomic E-state index is 0.152. The van der Waals surface area contributed by atoms with Crippen LogP contribution in [-0.4, -0.2) is 21.3 Å². The van der Waals surface area contributed by atoms with E-state index in [1.165, 1.54) is 10.3 Å². The summed E-state index contributed by atoms with van der Waals surface area (Å²) in [6, 6.07) is 2.19. The summed E-state index contributed by atoms with van der Waals surface area (Å²) in [6.07, 6.45) is 1.08. The van der Waals surface area contributed by atoms with Gasteiger partial charge in [-0.25, -0.2) is 9.97 Å². The Bertz CT molecular complexity index is 570. The van der Waals surface area contributed by atoms with E-state index in [1.54, 1.807) is 23.1 Å². The van der Waals surface area contributed by atoms with Gasteiger partial charge in [0, 0.05) is 21.6 Å². The molecule has 2 aromatic heterocycles. The highest BCUT2D eigenvalue weighted by Gasteiger charge is 2.18. The second kappa shape index (κ2) is 5.67. The molecule has 2 rings (SSSR count). The van der Waals surface area contributed by atoms with Gasteiger partial charge in [0.1, 0.15) is 9.86 Å². The molecule has 2 heterocycles. The van der Waals surface area contributed by atoms with Gasteiger partial charge in [-0.15, -0.1) is 11.3 Å².